The van der Waals surface area contributed by atoms with E-state index in [1.807, 2.05) is 36.4 Å². The van der Waals surface area contributed by atoms with Crippen LogP contribution in [0.25, 0.3) is 0 Å². The van der Waals surface area contributed by atoms with Crippen molar-refractivity contribution in [1.82, 2.24) is 15.2 Å². The maximum Gasteiger partial charge on any atom is 0.228 e. The number of rotatable bonds is 7. The Labute approximate surface area is 170 Å². The molecule has 0 saturated carbocycles. The highest BCUT2D eigenvalue weighted by Gasteiger charge is 2.27. The predicted octanol–water partition coefficient (Wildman–Crippen LogP) is 2.01. The smallest absolute Gasteiger partial charge is 0.228 e. The van der Waals surface area contributed by atoms with Crippen molar-refractivity contribution in [3.63, 3.8) is 0 Å². The van der Waals surface area contributed by atoms with E-state index >= 15 is 0 Å². The molecule has 2 aromatic rings. The minimum absolute atomic E-state index is 0.00796. The van der Waals surface area contributed by atoms with E-state index in [4.69, 9.17) is 0 Å². The fourth-order valence-electron chi connectivity index (χ4n) is 3.37. The minimum atomic E-state index is -0.119. The molecule has 29 heavy (non-hydrogen) atoms. The zero-order chi connectivity index (χ0) is 20.5. The molecule has 7 heteroatoms. The fourth-order valence-corrected chi connectivity index (χ4v) is 3.37. The maximum atomic E-state index is 12.4. The number of nitrogens with zero attached hydrogens (tertiary/aromatic N) is 2. The summed E-state index contributed by atoms with van der Waals surface area (Å²) in [4.78, 5) is 42.5. The van der Waals surface area contributed by atoms with Crippen molar-refractivity contribution >= 4 is 23.5 Å². The molecule has 0 aliphatic carbocycles. The topological polar surface area (TPSA) is 91.4 Å². The maximum absolute atomic E-state index is 12.4. The number of hydrogen-bond donors (Lipinski definition) is 2. The second-order valence-corrected chi connectivity index (χ2v) is 7.12. The Bertz CT molecular complexity index is 818. The van der Waals surface area contributed by atoms with E-state index in [2.05, 4.69) is 15.6 Å². The third-order valence-corrected chi connectivity index (χ3v) is 5.00. The molecule has 3 rings (SSSR count). The van der Waals surface area contributed by atoms with Crippen LogP contribution >= 0.6 is 0 Å². The molecule has 152 valence electrons. The molecule has 7 nitrogen and oxygen atoms in total. The highest BCUT2D eigenvalue weighted by atomic mass is 16.2. The average Bonchev–Trinajstić information content (AvgIpc) is 2.75. The lowest BCUT2D eigenvalue weighted by Crippen LogP contribution is -2.42. The van der Waals surface area contributed by atoms with Crippen LogP contribution in [0.3, 0.4) is 0 Å². The molecule has 2 N–H and O–H groups in total. The number of hydrogen-bond acceptors (Lipinski definition) is 4. The molecule has 0 radical (unpaired) electrons. The van der Waals surface area contributed by atoms with Gasteiger partial charge < -0.3 is 15.5 Å². The van der Waals surface area contributed by atoms with E-state index in [0.717, 1.165) is 5.56 Å². The van der Waals surface area contributed by atoms with Gasteiger partial charge in [-0.05, 0) is 30.5 Å². The number of nitrogens with one attached hydrogen (secondary N) is 2. The highest BCUT2D eigenvalue weighted by molar-refractivity contribution is 5.91. The second kappa shape index (κ2) is 10.4. The van der Waals surface area contributed by atoms with E-state index < -0.39 is 0 Å². The van der Waals surface area contributed by atoms with Crippen LogP contribution in [-0.4, -0.2) is 47.2 Å². The van der Waals surface area contributed by atoms with Crippen molar-refractivity contribution in [2.24, 2.45) is 5.92 Å². The largest absolute Gasteiger partial charge is 0.355 e. The quantitative estimate of drug-likeness (QED) is 0.752. The number of carbonyl (C=O) groups is 3. The number of amides is 3. The number of carbonyl (C=O) groups excluding carboxylic acids is 3. The zero-order valence-electron chi connectivity index (χ0n) is 16.3. The normalized spacial score (nSPS) is 14.3. The van der Waals surface area contributed by atoms with E-state index in [0.29, 0.717) is 44.7 Å². The molecule has 0 atom stereocenters. The summed E-state index contributed by atoms with van der Waals surface area (Å²) in [7, 11) is 0. The third kappa shape index (κ3) is 6.41. The van der Waals surface area contributed by atoms with Gasteiger partial charge in [0.25, 0.3) is 0 Å². The standard InChI is InChI=1S/C22H26N4O3/c27-20(16-17-6-2-1-3-7-17)24-13-9-21(28)26-14-10-18(11-15-26)22(29)25-19-8-4-5-12-23-19/h1-8,12,18H,9-11,13-16H2,(H,24,27)(H,23,25,29). The predicted molar refractivity (Wildman–Crippen MR) is 110 cm³/mol. The van der Waals surface area contributed by atoms with Crippen LogP contribution in [0, 0.1) is 5.92 Å². The lowest BCUT2D eigenvalue weighted by atomic mass is 9.95. The van der Waals surface area contributed by atoms with Gasteiger partial charge >= 0.3 is 0 Å². The van der Waals surface area contributed by atoms with Crippen LogP contribution in [0.4, 0.5) is 5.82 Å². The molecular formula is C22H26N4O3. The summed E-state index contributed by atoms with van der Waals surface area (Å²) >= 11 is 0. The fraction of sp³-hybridized carbons (Fsp3) is 0.364. The van der Waals surface area contributed by atoms with E-state index in [1.54, 1.807) is 23.2 Å². The van der Waals surface area contributed by atoms with Crippen molar-refractivity contribution in [3.05, 3.63) is 60.3 Å². The molecule has 1 aliphatic rings. The average molecular weight is 394 g/mol. The van der Waals surface area contributed by atoms with Crippen LogP contribution in [0.5, 0.6) is 0 Å². The van der Waals surface area contributed by atoms with Crippen LogP contribution in [0.2, 0.25) is 0 Å². The van der Waals surface area contributed by atoms with Gasteiger partial charge in [0, 0.05) is 38.2 Å². The summed E-state index contributed by atoms with van der Waals surface area (Å²) in [6, 6.07) is 14.9. The number of likely N-dealkylation sites (tertiary alicyclic amines) is 1. The Balaban J connectivity index is 1.34. The number of benzene rings is 1. The third-order valence-electron chi connectivity index (χ3n) is 5.00. The monoisotopic (exact) mass is 394 g/mol. The first-order chi connectivity index (χ1) is 14.1. The van der Waals surface area contributed by atoms with Crippen molar-refractivity contribution < 1.29 is 14.4 Å². The van der Waals surface area contributed by atoms with E-state index in [9.17, 15) is 14.4 Å². The Morgan fingerprint density at radius 3 is 2.41 bits per heavy atom. The first kappa shape index (κ1) is 20.5. The van der Waals surface area contributed by atoms with Gasteiger partial charge in [-0.15, -0.1) is 0 Å². The summed E-state index contributed by atoms with van der Waals surface area (Å²) in [6.07, 6.45) is 3.47. The van der Waals surface area contributed by atoms with Crippen molar-refractivity contribution in [2.45, 2.75) is 25.7 Å². The Hall–Kier alpha value is -3.22. The molecule has 1 saturated heterocycles. The lowest BCUT2D eigenvalue weighted by Gasteiger charge is -2.31. The summed E-state index contributed by atoms with van der Waals surface area (Å²) in [6.45, 7) is 1.43. The Morgan fingerprint density at radius 1 is 1.00 bits per heavy atom. The van der Waals surface area contributed by atoms with Crippen LogP contribution < -0.4 is 10.6 Å². The Morgan fingerprint density at radius 2 is 1.72 bits per heavy atom. The van der Waals surface area contributed by atoms with Gasteiger partial charge in [-0.3, -0.25) is 14.4 Å². The summed E-state index contributed by atoms with van der Waals surface area (Å²) in [5.74, 6) is 0.292. The molecular weight excluding hydrogens is 368 g/mol. The Kier molecular flexibility index (Phi) is 7.33. The first-order valence-electron chi connectivity index (χ1n) is 9.92. The molecule has 2 heterocycles. The van der Waals surface area contributed by atoms with Gasteiger partial charge in [0.05, 0.1) is 6.42 Å². The summed E-state index contributed by atoms with van der Waals surface area (Å²) in [5, 5.41) is 5.62. The van der Waals surface area contributed by atoms with Gasteiger partial charge in [-0.1, -0.05) is 36.4 Å². The minimum Gasteiger partial charge on any atom is -0.355 e. The van der Waals surface area contributed by atoms with Gasteiger partial charge in [0.2, 0.25) is 17.7 Å². The first-order valence-corrected chi connectivity index (χ1v) is 9.92. The zero-order valence-corrected chi connectivity index (χ0v) is 16.3. The molecule has 1 aliphatic heterocycles. The van der Waals surface area contributed by atoms with Crippen LogP contribution in [0.1, 0.15) is 24.8 Å². The van der Waals surface area contributed by atoms with Crippen LogP contribution in [0.15, 0.2) is 54.7 Å². The molecule has 3 amide bonds. The van der Waals surface area contributed by atoms with Gasteiger partial charge in [-0.25, -0.2) is 4.98 Å². The number of anilines is 1. The highest BCUT2D eigenvalue weighted by Crippen LogP contribution is 2.19. The van der Waals surface area contributed by atoms with E-state index in [1.165, 1.54) is 0 Å². The molecule has 0 spiro atoms. The second-order valence-electron chi connectivity index (χ2n) is 7.12. The van der Waals surface area contributed by atoms with E-state index in [-0.39, 0.29) is 30.1 Å². The number of pyridine rings is 1. The summed E-state index contributed by atoms with van der Waals surface area (Å²) in [5.41, 5.74) is 0.947. The molecule has 1 aromatic heterocycles. The number of piperidine rings is 1. The SMILES string of the molecule is O=C(Cc1ccccc1)NCCC(=O)N1CCC(C(=O)Nc2ccccn2)CC1. The molecule has 1 aromatic carbocycles. The van der Waals surface area contributed by atoms with Crippen molar-refractivity contribution in [1.29, 1.82) is 0 Å². The van der Waals surface area contributed by atoms with Crippen molar-refractivity contribution in [2.75, 3.05) is 25.0 Å². The molecule has 0 bridgehead atoms. The van der Waals surface area contributed by atoms with Gasteiger partial charge in [0.1, 0.15) is 5.82 Å². The van der Waals surface area contributed by atoms with Gasteiger partial charge in [0.15, 0.2) is 0 Å². The van der Waals surface area contributed by atoms with Gasteiger partial charge in [-0.2, -0.15) is 0 Å². The summed E-state index contributed by atoms with van der Waals surface area (Å²) < 4.78 is 0. The molecule has 0 unspecified atom stereocenters. The van der Waals surface area contributed by atoms with Crippen molar-refractivity contribution in [3.8, 4) is 0 Å². The molecule has 1 fully saturated rings. The lowest BCUT2D eigenvalue weighted by molar-refractivity contribution is -0.134. The number of aromatic nitrogens is 1. The van der Waals surface area contributed by atoms with Crippen LogP contribution in [-0.2, 0) is 20.8 Å².